The number of thiazole rings is 1. The van der Waals surface area contributed by atoms with Gasteiger partial charge in [-0.25, -0.2) is 14.6 Å². The second kappa shape index (κ2) is 7.23. The van der Waals surface area contributed by atoms with E-state index >= 15 is 0 Å². The second-order valence-electron chi connectivity index (χ2n) is 6.15. The summed E-state index contributed by atoms with van der Waals surface area (Å²) in [7, 11) is 1.33. The largest absolute Gasteiger partial charge is 0.464 e. The number of urea groups is 1. The molecule has 1 aliphatic rings. The number of aromatic nitrogens is 1. The molecule has 1 aromatic carbocycles. The van der Waals surface area contributed by atoms with Gasteiger partial charge in [0.15, 0.2) is 5.69 Å². The average Bonchev–Trinajstić information content (AvgIpc) is 3.33. The van der Waals surface area contributed by atoms with E-state index in [2.05, 4.69) is 15.0 Å². The summed E-state index contributed by atoms with van der Waals surface area (Å²) in [6, 6.07) is 5.96. The van der Waals surface area contributed by atoms with E-state index in [-0.39, 0.29) is 17.8 Å². The lowest BCUT2D eigenvalue weighted by Gasteiger charge is -2.22. The van der Waals surface area contributed by atoms with Crippen molar-refractivity contribution in [2.75, 3.05) is 12.4 Å². The molecule has 0 atom stereocenters. The zero-order valence-electron chi connectivity index (χ0n) is 14.5. The average molecular weight is 359 g/mol. The number of ether oxygens (including phenoxy) is 1. The Morgan fingerprint density at radius 1 is 1.36 bits per heavy atom. The highest BCUT2D eigenvalue weighted by molar-refractivity contribution is 7.09. The number of esters is 1. The van der Waals surface area contributed by atoms with E-state index in [0.717, 1.165) is 34.7 Å². The second-order valence-corrected chi connectivity index (χ2v) is 7.10. The Labute approximate surface area is 150 Å². The maximum atomic E-state index is 12.8. The fourth-order valence-electron chi connectivity index (χ4n) is 2.55. The van der Waals surface area contributed by atoms with Crippen LogP contribution < -0.4 is 5.32 Å². The van der Waals surface area contributed by atoms with Gasteiger partial charge in [0.05, 0.1) is 13.7 Å². The van der Waals surface area contributed by atoms with Crippen LogP contribution in [0.25, 0.3) is 0 Å². The van der Waals surface area contributed by atoms with Gasteiger partial charge in [-0.05, 0) is 43.9 Å². The van der Waals surface area contributed by atoms with Crippen LogP contribution in [0, 0.1) is 13.8 Å². The molecule has 1 saturated carbocycles. The molecule has 6 nitrogen and oxygen atoms in total. The van der Waals surface area contributed by atoms with Crippen molar-refractivity contribution in [2.45, 2.75) is 39.3 Å². The minimum absolute atomic E-state index is 0.133. The van der Waals surface area contributed by atoms with Crippen LogP contribution in [0.4, 0.5) is 10.5 Å². The predicted octanol–water partition coefficient (Wildman–Crippen LogP) is 3.74. The first kappa shape index (κ1) is 17.4. The molecular weight excluding hydrogens is 338 g/mol. The number of rotatable bonds is 5. The first-order valence-corrected chi connectivity index (χ1v) is 9.04. The first-order chi connectivity index (χ1) is 12.0. The number of methoxy groups -OCH3 is 1. The van der Waals surface area contributed by atoms with Gasteiger partial charge in [0.25, 0.3) is 0 Å². The van der Waals surface area contributed by atoms with Gasteiger partial charge in [-0.1, -0.05) is 12.1 Å². The van der Waals surface area contributed by atoms with Gasteiger partial charge >= 0.3 is 12.0 Å². The quantitative estimate of drug-likeness (QED) is 0.826. The highest BCUT2D eigenvalue weighted by atomic mass is 32.1. The fraction of sp³-hybridized carbons (Fsp3) is 0.389. The summed E-state index contributed by atoms with van der Waals surface area (Å²) < 4.78 is 4.68. The lowest BCUT2D eigenvalue weighted by atomic mass is 10.1. The topological polar surface area (TPSA) is 71.5 Å². The van der Waals surface area contributed by atoms with Crippen LogP contribution >= 0.6 is 11.3 Å². The van der Waals surface area contributed by atoms with Crippen molar-refractivity contribution in [1.29, 1.82) is 0 Å². The van der Waals surface area contributed by atoms with E-state index < -0.39 is 5.97 Å². The van der Waals surface area contributed by atoms with E-state index in [0.29, 0.717) is 6.54 Å². The van der Waals surface area contributed by atoms with E-state index in [4.69, 9.17) is 0 Å². The number of anilines is 1. The Morgan fingerprint density at radius 2 is 2.12 bits per heavy atom. The Bertz CT molecular complexity index is 799. The molecule has 1 N–H and O–H groups in total. The van der Waals surface area contributed by atoms with Crippen molar-refractivity contribution in [3.63, 3.8) is 0 Å². The maximum absolute atomic E-state index is 12.8. The van der Waals surface area contributed by atoms with Crippen LogP contribution in [0.1, 0.15) is 39.5 Å². The van der Waals surface area contributed by atoms with Crippen LogP contribution in [0.15, 0.2) is 23.6 Å². The van der Waals surface area contributed by atoms with Crippen LogP contribution in [0.2, 0.25) is 0 Å². The molecule has 1 heterocycles. The van der Waals surface area contributed by atoms with Gasteiger partial charge in [-0.15, -0.1) is 11.3 Å². The standard InChI is InChI=1S/C18H21N3O3S/c1-11-5-4-6-14(12(11)2)20-18(23)21(13-7-8-13)9-16-19-15(10-25-16)17(22)24-3/h4-6,10,13H,7-9H2,1-3H3,(H,20,23). The van der Waals surface area contributed by atoms with E-state index in [1.54, 1.807) is 10.3 Å². The van der Waals surface area contributed by atoms with E-state index in [1.807, 2.05) is 32.0 Å². The summed E-state index contributed by atoms with van der Waals surface area (Å²) >= 11 is 1.36. The molecule has 1 aliphatic carbocycles. The molecule has 0 saturated heterocycles. The third-order valence-corrected chi connectivity index (χ3v) is 5.18. The predicted molar refractivity (Wildman–Crippen MR) is 97.0 cm³/mol. The summed E-state index contributed by atoms with van der Waals surface area (Å²) in [6.45, 7) is 4.41. The molecule has 1 fully saturated rings. The Morgan fingerprint density at radius 3 is 2.80 bits per heavy atom. The molecule has 2 aromatic rings. The monoisotopic (exact) mass is 359 g/mol. The third-order valence-electron chi connectivity index (χ3n) is 4.35. The zero-order chi connectivity index (χ0) is 18.0. The minimum atomic E-state index is -0.458. The maximum Gasteiger partial charge on any atom is 0.357 e. The SMILES string of the molecule is COC(=O)c1csc(CN(C(=O)Nc2cccc(C)c2C)C2CC2)n1. The van der Waals surface area contributed by atoms with Crippen molar-refractivity contribution < 1.29 is 14.3 Å². The van der Waals surface area contributed by atoms with Gasteiger partial charge in [0.1, 0.15) is 5.01 Å². The zero-order valence-corrected chi connectivity index (χ0v) is 15.4. The molecule has 2 amide bonds. The molecule has 0 radical (unpaired) electrons. The van der Waals surface area contributed by atoms with Crippen LogP contribution in [-0.2, 0) is 11.3 Å². The number of hydrogen-bond acceptors (Lipinski definition) is 5. The molecule has 132 valence electrons. The number of aryl methyl sites for hydroxylation is 1. The van der Waals surface area contributed by atoms with Gasteiger partial charge < -0.3 is 15.0 Å². The number of hydrogen-bond donors (Lipinski definition) is 1. The molecule has 0 bridgehead atoms. The number of nitrogens with zero attached hydrogens (tertiary/aromatic N) is 2. The third kappa shape index (κ3) is 3.99. The summed E-state index contributed by atoms with van der Waals surface area (Å²) in [6.07, 6.45) is 1.99. The molecule has 0 unspecified atom stereocenters. The number of carbonyl (C=O) groups excluding carboxylic acids is 2. The van der Waals surface area contributed by atoms with Crippen molar-refractivity contribution in [2.24, 2.45) is 0 Å². The van der Waals surface area contributed by atoms with Crippen LogP contribution in [-0.4, -0.2) is 35.0 Å². The lowest BCUT2D eigenvalue weighted by molar-refractivity contribution is 0.0594. The number of amides is 2. The van der Waals surface area contributed by atoms with Gasteiger partial charge in [-0.3, -0.25) is 0 Å². The number of carbonyl (C=O) groups is 2. The summed E-state index contributed by atoms with van der Waals surface area (Å²) in [4.78, 5) is 30.4. The van der Waals surface area contributed by atoms with Crippen molar-refractivity contribution in [3.05, 3.63) is 45.4 Å². The summed E-state index contributed by atoms with van der Waals surface area (Å²) in [5, 5.41) is 5.39. The fourth-order valence-corrected chi connectivity index (χ4v) is 3.32. The molecule has 1 aromatic heterocycles. The van der Waals surface area contributed by atoms with E-state index in [9.17, 15) is 9.59 Å². The minimum Gasteiger partial charge on any atom is -0.464 e. The van der Waals surface area contributed by atoms with Crippen molar-refractivity contribution in [1.82, 2.24) is 9.88 Å². The molecular formula is C18H21N3O3S. The lowest BCUT2D eigenvalue weighted by Crippen LogP contribution is -2.36. The normalized spacial score (nSPS) is 13.4. The first-order valence-electron chi connectivity index (χ1n) is 8.16. The molecule has 7 heteroatoms. The van der Waals surface area contributed by atoms with Gasteiger partial charge in [0, 0.05) is 17.1 Å². The molecule has 0 aliphatic heterocycles. The Balaban J connectivity index is 1.73. The van der Waals surface area contributed by atoms with Gasteiger partial charge in [0.2, 0.25) is 0 Å². The number of nitrogens with one attached hydrogen (secondary N) is 1. The van der Waals surface area contributed by atoms with Crippen LogP contribution in [0.3, 0.4) is 0 Å². The Kier molecular flexibility index (Phi) is 5.03. The highest BCUT2D eigenvalue weighted by Gasteiger charge is 2.33. The Hall–Kier alpha value is -2.41. The van der Waals surface area contributed by atoms with E-state index in [1.165, 1.54) is 18.4 Å². The highest BCUT2D eigenvalue weighted by Crippen LogP contribution is 2.30. The van der Waals surface area contributed by atoms with Crippen molar-refractivity contribution in [3.8, 4) is 0 Å². The van der Waals surface area contributed by atoms with Gasteiger partial charge in [-0.2, -0.15) is 0 Å². The molecule has 3 rings (SSSR count). The van der Waals surface area contributed by atoms with Crippen molar-refractivity contribution >= 4 is 29.0 Å². The molecule has 0 spiro atoms. The smallest absolute Gasteiger partial charge is 0.357 e. The summed E-state index contributed by atoms with van der Waals surface area (Å²) in [5.41, 5.74) is 3.31. The van der Waals surface area contributed by atoms with Crippen LogP contribution in [0.5, 0.6) is 0 Å². The molecule has 25 heavy (non-hydrogen) atoms. The number of benzene rings is 1. The summed E-state index contributed by atoms with van der Waals surface area (Å²) in [5.74, 6) is -0.458.